The molecule has 0 radical (unpaired) electrons. The number of aliphatic hydroxyl groups excluding tert-OH is 1. The first-order chi connectivity index (χ1) is 25.2. The van der Waals surface area contributed by atoms with Gasteiger partial charge in [0.1, 0.15) is 5.75 Å². The molecule has 0 bridgehead atoms. The molecule has 0 saturated heterocycles. The minimum Gasteiger partial charge on any atom is -0.497 e. The van der Waals surface area contributed by atoms with Gasteiger partial charge in [0.15, 0.2) is 17.1 Å². The average molecular weight is 711 g/mol. The molecule has 2 N–H and O–H groups in total. The second-order valence-corrected chi connectivity index (χ2v) is 12.8. The lowest BCUT2D eigenvalue weighted by Crippen LogP contribution is -2.46. The van der Waals surface area contributed by atoms with E-state index in [2.05, 4.69) is 24.3 Å². The number of nitrogens with zero attached hydrogens (tertiary/aromatic N) is 5. The number of aryl methyl sites for hydroxylation is 1. The van der Waals surface area contributed by atoms with E-state index in [4.69, 9.17) is 14.6 Å². The zero-order valence-corrected chi connectivity index (χ0v) is 30.3. The first-order valence-corrected chi connectivity index (χ1v) is 17.6. The highest BCUT2D eigenvalue weighted by Gasteiger charge is 2.32. The van der Waals surface area contributed by atoms with E-state index < -0.39 is 11.9 Å². The molecule has 3 amide bonds. The molecule has 274 valence electrons. The van der Waals surface area contributed by atoms with Crippen LogP contribution < -0.4 is 14.8 Å². The number of carbonyl (C=O) groups excluding carboxylic acids is 3. The number of hydrogen-bond acceptors (Lipinski definition) is 9. The number of aromatic nitrogens is 2. The molecule has 0 saturated carbocycles. The minimum absolute atomic E-state index is 0.00293. The molecule has 0 fully saturated rings. The first kappa shape index (κ1) is 37.7. The number of nitroso groups, excluding NO2 is 1. The number of nitrogens with one attached hydrogen (secondary N) is 1. The number of anilines is 1. The summed E-state index contributed by atoms with van der Waals surface area (Å²) in [7, 11) is 2.73. The van der Waals surface area contributed by atoms with Gasteiger partial charge in [-0.25, -0.2) is 4.68 Å². The summed E-state index contributed by atoms with van der Waals surface area (Å²) in [6, 6.07) is 16.7. The van der Waals surface area contributed by atoms with Gasteiger partial charge in [0, 0.05) is 37.1 Å². The van der Waals surface area contributed by atoms with Gasteiger partial charge in [0.25, 0.3) is 17.7 Å². The Bertz CT molecular complexity index is 1930. The molecule has 0 aliphatic carbocycles. The SMILES string of the molecule is CCCCN(CCCC)C(=O)c1cc(C)n(-c2ccc(NC(=O)c3cc(OC)cc(N=O)c3OC)cc2C(=O)N2Cc3ccccc3CC2CO)n1. The monoisotopic (exact) mass is 710 g/mol. The van der Waals surface area contributed by atoms with Crippen LogP contribution in [0.2, 0.25) is 0 Å². The summed E-state index contributed by atoms with van der Waals surface area (Å²) in [6.45, 7) is 7.26. The predicted molar refractivity (Wildman–Crippen MR) is 198 cm³/mol. The molecule has 1 aromatic heterocycles. The maximum atomic E-state index is 14.6. The molecule has 1 atom stereocenters. The molecular weight excluding hydrogens is 664 g/mol. The van der Waals surface area contributed by atoms with E-state index in [1.807, 2.05) is 36.1 Å². The van der Waals surface area contributed by atoms with Crippen molar-refractivity contribution < 1.29 is 29.0 Å². The molecule has 0 spiro atoms. The van der Waals surface area contributed by atoms with Crippen LogP contribution in [0.25, 0.3) is 5.69 Å². The van der Waals surface area contributed by atoms with E-state index >= 15 is 0 Å². The Morgan fingerprint density at radius 2 is 1.67 bits per heavy atom. The zero-order chi connectivity index (χ0) is 37.4. The fraction of sp³-hybridized carbons (Fsp3) is 0.385. The van der Waals surface area contributed by atoms with Gasteiger partial charge < -0.3 is 29.7 Å². The lowest BCUT2D eigenvalue weighted by atomic mass is 9.93. The fourth-order valence-corrected chi connectivity index (χ4v) is 6.47. The second kappa shape index (κ2) is 17.1. The van der Waals surface area contributed by atoms with Gasteiger partial charge in [0.2, 0.25) is 0 Å². The molecule has 5 rings (SSSR count). The molecular formula is C39H46N6O7. The maximum absolute atomic E-state index is 14.6. The topological polar surface area (TPSA) is 156 Å². The lowest BCUT2D eigenvalue weighted by molar-refractivity contribution is 0.0544. The number of carbonyl (C=O) groups is 3. The third kappa shape index (κ3) is 7.99. The molecule has 13 heteroatoms. The second-order valence-electron chi connectivity index (χ2n) is 12.8. The van der Waals surface area contributed by atoms with Crippen LogP contribution in [-0.2, 0) is 13.0 Å². The summed E-state index contributed by atoms with van der Waals surface area (Å²) in [5, 5.41) is 21.0. The Hall–Kier alpha value is -5.56. The third-order valence-corrected chi connectivity index (χ3v) is 9.32. The number of methoxy groups -OCH3 is 2. The van der Waals surface area contributed by atoms with Gasteiger partial charge in [-0.2, -0.15) is 5.10 Å². The Kier molecular flexibility index (Phi) is 12.4. The van der Waals surface area contributed by atoms with Crippen molar-refractivity contribution in [3.63, 3.8) is 0 Å². The van der Waals surface area contributed by atoms with Crippen molar-refractivity contribution in [1.29, 1.82) is 0 Å². The van der Waals surface area contributed by atoms with Crippen LogP contribution >= 0.6 is 0 Å². The maximum Gasteiger partial charge on any atom is 0.274 e. The van der Waals surface area contributed by atoms with Gasteiger partial charge in [0.05, 0.1) is 43.7 Å². The van der Waals surface area contributed by atoms with E-state index in [0.717, 1.165) is 36.8 Å². The highest BCUT2D eigenvalue weighted by atomic mass is 16.5. The average Bonchev–Trinajstić information content (AvgIpc) is 3.56. The quantitative estimate of drug-likeness (QED) is 0.133. The van der Waals surface area contributed by atoms with Crippen molar-refractivity contribution >= 4 is 29.1 Å². The molecule has 3 aromatic carbocycles. The summed E-state index contributed by atoms with van der Waals surface area (Å²) in [6.07, 6.45) is 4.12. The van der Waals surface area contributed by atoms with Crippen LogP contribution in [0.15, 0.2) is 65.8 Å². The Morgan fingerprint density at radius 3 is 2.31 bits per heavy atom. The highest BCUT2D eigenvalue weighted by molar-refractivity contribution is 6.08. The Morgan fingerprint density at radius 1 is 0.962 bits per heavy atom. The lowest BCUT2D eigenvalue weighted by Gasteiger charge is -2.36. The smallest absolute Gasteiger partial charge is 0.274 e. The van der Waals surface area contributed by atoms with Crippen LogP contribution in [0, 0.1) is 11.8 Å². The van der Waals surface area contributed by atoms with E-state index in [-0.39, 0.29) is 64.7 Å². The number of hydrogen-bond donors (Lipinski definition) is 2. The summed E-state index contributed by atoms with van der Waals surface area (Å²) in [5.74, 6) is -0.995. The first-order valence-electron chi connectivity index (χ1n) is 17.6. The van der Waals surface area contributed by atoms with Crippen LogP contribution in [-0.4, -0.2) is 82.4 Å². The van der Waals surface area contributed by atoms with Crippen molar-refractivity contribution in [2.45, 2.75) is 65.5 Å². The Labute approximate surface area is 303 Å². The van der Waals surface area contributed by atoms with Crippen molar-refractivity contribution in [3.05, 3.63) is 99.2 Å². The molecule has 1 aliphatic rings. The van der Waals surface area contributed by atoms with Gasteiger partial charge in [-0.15, -0.1) is 4.91 Å². The third-order valence-electron chi connectivity index (χ3n) is 9.32. The van der Waals surface area contributed by atoms with Gasteiger partial charge in [-0.1, -0.05) is 51.0 Å². The van der Waals surface area contributed by atoms with Crippen LogP contribution in [0.3, 0.4) is 0 Å². The van der Waals surface area contributed by atoms with Gasteiger partial charge >= 0.3 is 0 Å². The number of amides is 3. The standard InChI is InChI=1S/C39H46N6O7/c1-6-8-16-43(17-9-7-2)39(49)34-18-25(3)45(41-34)35-15-14-28(40-37(47)32-21-30(51-4)22-33(42-50)36(32)52-5)20-31(35)38(48)44-23-27-13-11-10-12-26(27)19-29(44)24-46/h10-15,18,20-22,29,46H,6-9,16-17,19,23-24H2,1-5H3,(H,40,47). The number of benzene rings is 3. The van der Waals surface area contributed by atoms with Crippen LogP contribution in [0.5, 0.6) is 11.5 Å². The molecule has 1 aliphatic heterocycles. The molecule has 13 nitrogen and oxygen atoms in total. The van der Waals surface area contributed by atoms with Crippen LogP contribution in [0.4, 0.5) is 11.4 Å². The molecule has 4 aromatic rings. The van der Waals surface area contributed by atoms with E-state index in [1.165, 1.54) is 26.4 Å². The number of aliphatic hydroxyl groups is 1. The largest absolute Gasteiger partial charge is 0.497 e. The van der Waals surface area contributed by atoms with Crippen molar-refractivity contribution in [3.8, 4) is 17.2 Å². The van der Waals surface area contributed by atoms with Crippen molar-refractivity contribution in [1.82, 2.24) is 19.6 Å². The fourth-order valence-electron chi connectivity index (χ4n) is 6.47. The zero-order valence-electron chi connectivity index (χ0n) is 30.3. The Balaban J connectivity index is 1.58. The highest BCUT2D eigenvalue weighted by Crippen LogP contribution is 2.36. The normalized spacial score (nSPS) is 13.7. The van der Waals surface area contributed by atoms with Gasteiger partial charge in [-0.3, -0.25) is 14.4 Å². The van der Waals surface area contributed by atoms with Crippen LogP contribution in [0.1, 0.15) is 87.6 Å². The summed E-state index contributed by atoms with van der Waals surface area (Å²) in [5.41, 5.74) is 3.70. The molecule has 2 heterocycles. The summed E-state index contributed by atoms with van der Waals surface area (Å²) < 4.78 is 12.2. The van der Waals surface area contributed by atoms with E-state index in [0.29, 0.717) is 30.9 Å². The predicted octanol–water partition coefficient (Wildman–Crippen LogP) is 6.45. The van der Waals surface area contributed by atoms with E-state index in [9.17, 15) is 24.4 Å². The van der Waals surface area contributed by atoms with Crippen molar-refractivity contribution in [2.24, 2.45) is 5.18 Å². The minimum atomic E-state index is -0.630. The summed E-state index contributed by atoms with van der Waals surface area (Å²) in [4.78, 5) is 57.1. The number of rotatable bonds is 15. The molecule has 1 unspecified atom stereocenters. The number of ether oxygens (including phenoxy) is 2. The van der Waals surface area contributed by atoms with Gasteiger partial charge in [-0.05, 0) is 72.8 Å². The number of unbranched alkanes of at least 4 members (excludes halogenated alkanes) is 2. The summed E-state index contributed by atoms with van der Waals surface area (Å²) >= 11 is 0. The van der Waals surface area contributed by atoms with E-state index in [1.54, 1.807) is 33.8 Å². The number of fused-ring (bicyclic) bond motifs is 1. The molecule has 52 heavy (non-hydrogen) atoms. The van der Waals surface area contributed by atoms with Crippen molar-refractivity contribution in [2.75, 3.05) is 39.2 Å².